The number of aromatic nitrogens is 3. The highest BCUT2D eigenvalue weighted by Crippen LogP contribution is 2.43. The second kappa shape index (κ2) is 6.70. The largest absolute Gasteiger partial charge is 0.463 e. The van der Waals surface area contributed by atoms with Crippen LogP contribution in [0.1, 0.15) is 23.2 Å². The van der Waals surface area contributed by atoms with Gasteiger partial charge in [0.25, 0.3) is 0 Å². The van der Waals surface area contributed by atoms with Crippen LogP contribution >= 0.6 is 0 Å². The minimum absolute atomic E-state index is 0.259. The maximum absolute atomic E-state index is 12.8. The van der Waals surface area contributed by atoms with Gasteiger partial charge in [0.2, 0.25) is 12.8 Å². The van der Waals surface area contributed by atoms with Crippen molar-refractivity contribution in [3.05, 3.63) is 59.4 Å². The lowest BCUT2D eigenvalue weighted by Gasteiger charge is -2.32. The smallest absolute Gasteiger partial charge is 0.228 e. The molecule has 150 valence electrons. The molecule has 30 heavy (non-hydrogen) atoms. The molecule has 0 spiro atoms. The van der Waals surface area contributed by atoms with Gasteiger partial charge in [-0.2, -0.15) is 5.26 Å². The Hall–Kier alpha value is -3.66. The van der Waals surface area contributed by atoms with Gasteiger partial charge in [0.05, 0.1) is 11.5 Å². The monoisotopic (exact) mass is 401 g/mol. The number of benzene rings is 2. The predicted molar refractivity (Wildman–Crippen MR) is 113 cm³/mol. The van der Waals surface area contributed by atoms with E-state index in [1.165, 1.54) is 0 Å². The topological polar surface area (TPSA) is 89.8 Å². The molecule has 0 bridgehead atoms. The Kier molecular flexibility index (Phi) is 4.10. The fourth-order valence-electron chi connectivity index (χ4n) is 4.74. The third-order valence-corrected chi connectivity index (χ3v) is 6.21. The summed E-state index contributed by atoms with van der Waals surface area (Å²) in [6.07, 6.45) is 3.56. The van der Waals surface area contributed by atoms with Crippen molar-refractivity contribution in [2.75, 3.05) is 12.6 Å². The molecule has 0 aliphatic heterocycles. The molecular formula is C23H20FN5O. The van der Waals surface area contributed by atoms with Crippen LogP contribution in [0.15, 0.2) is 42.6 Å². The maximum atomic E-state index is 12.8. The fourth-order valence-corrected chi connectivity index (χ4v) is 4.74. The molecule has 2 aromatic carbocycles. The zero-order valence-electron chi connectivity index (χ0n) is 16.5. The van der Waals surface area contributed by atoms with E-state index in [4.69, 9.17) is 10.5 Å². The molecule has 1 aliphatic rings. The van der Waals surface area contributed by atoms with Crippen molar-refractivity contribution in [3.8, 4) is 11.8 Å². The normalized spacial score (nSPS) is 18.3. The van der Waals surface area contributed by atoms with Gasteiger partial charge in [0.15, 0.2) is 0 Å². The first-order valence-corrected chi connectivity index (χ1v) is 9.78. The molecule has 2 aromatic heterocycles. The van der Waals surface area contributed by atoms with Gasteiger partial charge in [0, 0.05) is 40.7 Å². The first-order chi connectivity index (χ1) is 14.6. The molecular weight excluding hydrogens is 381 g/mol. The Labute approximate surface area is 172 Å². The number of halogens is 1. The van der Waals surface area contributed by atoms with Gasteiger partial charge in [-0.05, 0) is 54.7 Å². The number of fused-ring (bicyclic) bond motifs is 4. The molecule has 7 heteroatoms. The third kappa shape index (κ3) is 2.61. The molecule has 5 rings (SSSR count). The van der Waals surface area contributed by atoms with E-state index in [0.717, 1.165) is 38.6 Å². The zero-order chi connectivity index (χ0) is 20.9. The number of hydrogen-bond acceptors (Lipinski definition) is 5. The van der Waals surface area contributed by atoms with E-state index in [-0.39, 0.29) is 5.95 Å². The fraction of sp³-hybridized carbons (Fsp3) is 0.261. The number of hydrogen-bond donors (Lipinski definition) is 1. The number of alkyl halides is 1. The number of ether oxygens (including phenoxy) is 1. The summed E-state index contributed by atoms with van der Waals surface area (Å²) in [7, 11) is 2.00. The van der Waals surface area contributed by atoms with Crippen LogP contribution in [0.5, 0.6) is 5.75 Å². The Morgan fingerprint density at radius 1 is 1.30 bits per heavy atom. The summed E-state index contributed by atoms with van der Waals surface area (Å²) >= 11 is 0. The Balaban J connectivity index is 1.76. The standard InChI is InChI=1S/C23H20FN5O/c1-29-19-6-5-15(30-13-24)9-16(19)21-17(3-2-4-20(21)29)23(12-25)8-7-18-14(10-23)11-27-22(26)28-18/h2-6,9,11H,7-8,10,13H2,1H3,(H2,26,27,28). The molecule has 0 radical (unpaired) electrons. The molecule has 0 fully saturated rings. The number of nitrogen functional groups attached to an aromatic ring is 1. The van der Waals surface area contributed by atoms with Crippen molar-refractivity contribution in [3.63, 3.8) is 0 Å². The quantitative estimate of drug-likeness (QED) is 0.561. The summed E-state index contributed by atoms with van der Waals surface area (Å²) in [4.78, 5) is 8.49. The van der Waals surface area contributed by atoms with Crippen molar-refractivity contribution in [1.29, 1.82) is 5.26 Å². The van der Waals surface area contributed by atoms with Crippen molar-refractivity contribution >= 4 is 27.8 Å². The van der Waals surface area contributed by atoms with E-state index in [2.05, 4.69) is 20.6 Å². The van der Waals surface area contributed by atoms with Crippen LogP contribution in [0.25, 0.3) is 21.8 Å². The average Bonchev–Trinajstić information content (AvgIpc) is 3.05. The van der Waals surface area contributed by atoms with E-state index >= 15 is 0 Å². The van der Waals surface area contributed by atoms with Gasteiger partial charge in [0.1, 0.15) is 5.75 Å². The highest BCUT2D eigenvalue weighted by molar-refractivity contribution is 6.10. The number of nitrogens with zero attached hydrogens (tertiary/aromatic N) is 4. The number of nitrogens with two attached hydrogens (primary N) is 1. The highest BCUT2D eigenvalue weighted by atomic mass is 19.1. The molecule has 0 saturated carbocycles. The van der Waals surface area contributed by atoms with Gasteiger partial charge in [-0.15, -0.1) is 0 Å². The summed E-state index contributed by atoms with van der Waals surface area (Å²) < 4.78 is 20.0. The molecule has 0 amide bonds. The van der Waals surface area contributed by atoms with Gasteiger partial charge in [-0.25, -0.2) is 14.4 Å². The number of rotatable bonds is 3. The van der Waals surface area contributed by atoms with Crippen LogP contribution in [0.3, 0.4) is 0 Å². The molecule has 0 saturated heterocycles. The third-order valence-electron chi connectivity index (χ3n) is 6.21. The number of anilines is 1. The van der Waals surface area contributed by atoms with Gasteiger partial charge in [-0.1, -0.05) is 12.1 Å². The van der Waals surface area contributed by atoms with Crippen LogP contribution in [0.4, 0.5) is 10.3 Å². The van der Waals surface area contributed by atoms with Crippen molar-refractivity contribution in [1.82, 2.24) is 14.5 Å². The van der Waals surface area contributed by atoms with Crippen molar-refractivity contribution < 1.29 is 9.13 Å². The summed E-state index contributed by atoms with van der Waals surface area (Å²) in [5, 5.41) is 12.3. The lowest BCUT2D eigenvalue weighted by molar-refractivity contribution is 0.192. The Morgan fingerprint density at radius 3 is 2.97 bits per heavy atom. The minimum Gasteiger partial charge on any atom is -0.463 e. The molecule has 1 aliphatic carbocycles. The summed E-state index contributed by atoms with van der Waals surface area (Å²) in [6.45, 7) is -0.884. The number of aryl methyl sites for hydroxylation is 2. The van der Waals surface area contributed by atoms with E-state index in [1.54, 1.807) is 12.3 Å². The van der Waals surface area contributed by atoms with E-state index in [9.17, 15) is 9.65 Å². The van der Waals surface area contributed by atoms with Gasteiger partial charge < -0.3 is 15.0 Å². The van der Waals surface area contributed by atoms with Crippen LogP contribution in [-0.4, -0.2) is 21.4 Å². The lowest BCUT2D eigenvalue weighted by Crippen LogP contribution is -2.33. The molecule has 4 aromatic rings. The Morgan fingerprint density at radius 2 is 2.17 bits per heavy atom. The number of nitriles is 1. The average molecular weight is 401 g/mol. The molecule has 2 N–H and O–H groups in total. The molecule has 1 unspecified atom stereocenters. The molecule has 1 atom stereocenters. The maximum Gasteiger partial charge on any atom is 0.228 e. The second-order valence-electron chi connectivity index (χ2n) is 7.76. The second-order valence-corrected chi connectivity index (χ2v) is 7.76. The van der Waals surface area contributed by atoms with Crippen LogP contribution in [-0.2, 0) is 25.3 Å². The van der Waals surface area contributed by atoms with Crippen LogP contribution in [0, 0.1) is 11.3 Å². The van der Waals surface area contributed by atoms with E-state index in [0.29, 0.717) is 25.0 Å². The van der Waals surface area contributed by atoms with Gasteiger partial charge in [-0.3, -0.25) is 0 Å². The summed E-state index contributed by atoms with van der Waals surface area (Å²) in [5.74, 6) is 0.728. The van der Waals surface area contributed by atoms with Crippen LogP contribution < -0.4 is 10.5 Å². The highest BCUT2D eigenvalue weighted by Gasteiger charge is 2.39. The zero-order valence-corrected chi connectivity index (χ0v) is 16.5. The van der Waals surface area contributed by atoms with E-state index in [1.807, 2.05) is 37.4 Å². The SMILES string of the molecule is Cn1c2ccc(OCF)cc2c2c(C3(C#N)CCc4nc(N)ncc4C3)cccc21. The summed E-state index contributed by atoms with van der Waals surface area (Å²) in [6, 6.07) is 14.2. The molecule has 6 nitrogen and oxygen atoms in total. The minimum atomic E-state index is -0.884. The summed E-state index contributed by atoms with van der Waals surface area (Å²) in [5.41, 5.74) is 9.89. The lowest BCUT2D eigenvalue weighted by atomic mass is 9.68. The molecule has 2 heterocycles. The van der Waals surface area contributed by atoms with Crippen molar-refractivity contribution in [2.24, 2.45) is 7.05 Å². The predicted octanol–water partition coefficient (Wildman–Crippen LogP) is 3.96. The first kappa shape index (κ1) is 18.4. The van der Waals surface area contributed by atoms with Crippen LogP contribution in [0.2, 0.25) is 0 Å². The van der Waals surface area contributed by atoms with Crippen molar-refractivity contribution in [2.45, 2.75) is 24.7 Å². The first-order valence-electron chi connectivity index (χ1n) is 9.78. The Bertz CT molecular complexity index is 1340. The van der Waals surface area contributed by atoms with E-state index < -0.39 is 12.3 Å². The van der Waals surface area contributed by atoms with Gasteiger partial charge >= 0.3 is 0 Å².